The highest BCUT2D eigenvalue weighted by atomic mass is 32.2. The van der Waals surface area contributed by atoms with Gasteiger partial charge >= 0.3 is 0 Å². The number of benzene rings is 3. The number of nitrogens with one attached hydrogen (secondary N) is 1. The van der Waals surface area contributed by atoms with Crippen LogP contribution in [-0.2, 0) is 9.59 Å². The zero-order valence-corrected chi connectivity index (χ0v) is 18.1. The van der Waals surface area contributed by atoms with E-state index in [1.54, 1.807) is 4.90 Å². The minimum absolute atomic E-state index is 0.00688. The van der Waals surface area contributed by atoms with E-state index in [-0.39, 0.29) is 24.3 Å². The van der Waals surface area contributed by atoms with Crippen molar-refractivity contribution < 1.29 is 9.59 Å². The number of amides is 2. The van der Waals surface area contributed by atoms with E-state index in [0.717, 1.165) is 40.6 Å². The second kappa shape index (κ2) is 8.19. The zero-order valence-electron chi connectivity index (χ0n) is 17.2. The molecule has 1 saturated heterocycles. The molecule has 3 aromatic carbocycles. The Morgan fingerprint density at radius 3 is 2.65 bits per heavy atom. The maximum atomic E-state index is 13.1. The second-order valence-corrected chi connectivity index (χ2v) is 9.26. The third-order valence-corrected chi connectivity index (χ3v) is 6.66. The van der Waals surface area contributed by atoms with E-state index in [2.05, 4.69) is 5.32 Å². The molecule has 5 rings (SSSR count). The number of hydrogen-bond acceptors (Lipinski definition) is 4. The fourth-order valence-corrected chi connectivity index (χ4v) is 5.03. The van der Waals surface area contributed by atoms with E-state index >= 15 is 0 Å². The predicted octanol–water partition coefficient (Wildman–Crippen LogP) is 5.27. The second-order valence-electron chi connectivity index (χ2n) is 8.09. The molecule has 6 heteroatoms. The van der Waals surface area contributed by atoms with Crippen molar-refractivity contribution in [1.29, 1.82) is 0 Å². The Morgan fingerprint density at radius 2 is 1.87 bits per heavy atom. The van der Waals surface area contributed by atoms with Crippen molar-refractivity contribution in [2.24, 2.45) is 4.99 Å². The molecule has 0 spiro atoms. The Kier molecular flexibility index (Phi) is 5.24. The highest BCUT2D eigenvalue weighted by Gasteiger charge is 2.46. The lowest BCUT2D eigenvalue weighted by molar-refractivity contribution is -0.128. The van der Waals surface area contributed by atoms with Crippen LogP contribution in [0.5, 0.6) is 0 Å². The lowest BCUT2D eigenvalue weighted by Gasteiger charge is -2.15. The Balaban J connectivity index is 1.31. The molecule has 31 heavy (non-hydrogen) atoms. The molecule has 1 aliphatic heterocycles. The van der Waals surface area contributed by atoms with Gasteiger partial charge in [0.2, 0.25) is 11.8 Å². The minimum Gasteiger partial charge on any atom is -0.326 e. The van der Waals surface area contributed by atoms with Gasteiger partial charge in [0.05, 0.1) is 5.69 Å². The van der Waals surface area contributed by atoms with Gasteiger partial charge < -0.3 is 5.32 Å². The normalized spacial score (nSPS) is 19.9. The van der Waals surface area contributed by atoms with Crippen molar-refractivity contribution in [2.75, 3.05) is 5.32 Å². The van der Waals surface area contributed by atoms with Crippen LogP contribution in [0.2, 0.25) is 0 Å². The molecule has 1 atom stereocenters. The van der Waals surface area contributed by atoms with Crippen molar-refractivity contribution in [3.8, 4) is 0 Å². The number of hydrogen-bond donors (Lipinski definition) is 1. The van der Waals surface area contributed by atoms with Gasteiger partial charge in [-0.15, -0.1) is 0 Å². The number of aryl methyl sites for hydroxylation is 1. The fraction of sp³-hybridized carbons (Fsp3) is 0.240. The number of nitrogens with zero attached hydrogens (tertiary/aromatic N) is 2. The molecule has 1 N–H and O–H groups in total. The Labute approximate surface area is 185 Å². The van der Waals surface area contributed by atoms with E-state index in [4.69, 9.17) is 4.99 Å². The first kappa shape index (κ1) is 19.8. The van der Waals surface area contributed by atoms with Crippen LogP contribution in [-0.4, -0.2) is 33.2 Å². The summed E-state index contributed by atoms with van der Waals surface area (Å²) in [5.74, 6) is -0.166. The van der Waals surface area contributed by atoms with Gasteiger partial charge in [-0.1, -0.05) is 54.2 Å². The quantitative estimate of drug-likeness (QED) is 0.601. The Bertz CT molecular complexity index is 1200. The zero-order chi connectivity index (χ0) is 21.4. The maximum absolute atomic E-state index is 13.1. The van der Waals surface area contributed by atoms with Crippen molar-refractivity contribution in [2.45, 2.75) is 37.5 Å². The Hall–Kier alpha value is -3.12. The van der Waals surface area contributed by atoms with Crippen molar-refractivity contribution in [1.82, 2.24) is 4.90 Å². The molecule has 1 aliphatic carbocycles. The minimum atomic E-state index is -0.440. The van der Waals surface area contributed by atoms with Crippen molar-refractivity contribution >= 4 is 50.9 Å². The molecular weight excluding hydrogens is 406 g/mol. The lowest BCUT2D eigenvalue weighted by atomic mass is 10.1. The van der Waals surface area contributed by atoms with Crippen LogP contribution >= 0.6 is 11.8 Å². The first-order chi connectivity index (χ1) is 15.1. The summed E-state index contributed by atoms with van der Waals surface area (Å²) in [6.45, 7) is 2.02. The summed E-state index contributed by atoms with van der Waals surface area (Å²) >= 11 is 1.40. The van der Waals surface area contributed by atoms with Crippen LogP contribution in [0.15, 0.2) is 71.7 Å². The van der Waals surface area contributed by atoms with Gasteiger partial charge in [0.25, 0.3) is 0 Å². The number of thioether (sulfide) groups is 1. The summed E-state index contributed by atoms with van der Waals surface area (Å²) < 4.78 is 0. The predicted molar refractivity (Wildman–Crippen MR) is 127 cm³/mol. The number of fused-ring (bicyclic) bond motifs is 1. The molecular formula is C25H23N3O2S. The Morgan fingerprint density at radius 1 is 1.06 bits per heavy atom. The average molecular weight is 430 g/mol. The third-order valence-electron chi connectivity index (χ3n) is 5.51. The molecule has 0 aromatic heterocycles. The van der Waals surface area contributed by atoms with Crippen LogP contribution < -0.4 is 5.32 Å². The molecule has 1 heterocycles. The molecule has 1 unspecified atom stereocenters. The molecule has 1 saturated carbocycles. The highest BCUT2D eigenvalue weighted by molar-refractivity contribution is 8.15. The van der Waals surface area contributed by atoms with Crippen LogP contribution in [0.25, 0.3) is 10.8 Å². The van der Waals surface area contributed by atoms with Crippen LogP contribution in [0.4, 0.5) is 11.4 Å². The van der Waals surface area contributed by atoms with E-state index in [1.807, 2.05) is 73.7 Å². The largest absolute Gasteiger partial charge is 0.326 e. The van der Waals surface area contributed by atoms with E-state index in [0.29, 0.717) is 5.17 Å². The van der Waals surface area contributed by atoms with Gasteiger partial charge in [-0.25, -0.2) is 4.99 Å². The van der Waals surface area contributed by atoms with Gasteiger partial charge in [0.15, 0.2) is 5.17 Å². The first-order valence-electron chi connectivity index (χ1n) is 10.5. The standard InChI is InChI=1S/C25H23N3O2S/c1-16-5-4-8-19(13-16)27-25-28(21-11-12-21)24(30)22(31-25)15-23(29)26-20-10-9-17-6-2-3-7-18(17)14-20/h2-10,13-14,21-22H,11-12,15H2,1H3,(H,26,29). The van der Waals surface area contributed by atoms with Gasteiger partial charge in [-0.3, -0.25) is 14.5 Å². The summed E-state index contributed by atoms with van der Waals surface area (Å²) in [5.41, 5.74) is 2.70. The summed E-state index contributed by atoms with van der Waals surface area (Å²) in [6, 6.07) is 22.0. The SMILES string of the molecule is Cc1cccc(N=C2SC(CC(=O)Nc3ccc4ccccc4c3)C(=O)N2C2CC2)c1. The summed E-state index contributed by atoms with van der Waals surface area (Å²) in [7, 11) is 0. The molecule has 156 valence electrons. The van der Waals surface area contributed by atoms with Crippen LogP contribution in [0, 0.1) is 6.92 Å². The third kappa shape index (κ3) is 4.35. The lowest BCUT2D eigenvalue weighted by Crippen LogP contribution is -2.35. The van der Waals surface area contributed by atoms with Gasteiger partial charge in [0.1, 0.15) is 5.25 Å². The number of amidine groups is 1. The number of rotatable bonds is 5. The molecule has 5 nitrogen and oxygen atoms in total. The van der Waals surface area contributed by atoms with Crippen LogP contribution in [0.3, 0.4) is 0 Å². The van der Waals surface area contributed by atoms with Gasteiger partial charge in [-0.05, 0) is 60.4 Å². The maximum Gasteiger partial charge on any atom is 0.242 e. The topological polar surface area (TPSA) is 61.8 Å². The van der Waals surface area contributed by atoms with E-state index < -0.39 is 5.25 Å². The van der Waals surface area contributed by atoms with Crippen molar-refractivity contribution in [3.63, 3.8) is 0 Å². The molecule has 2 fully saturated rings. The molecule has 2 aliphatic rings. The van der Waals surface area contributed by atoms with Gasteiger partial charge in [0, 0.05) is 18.2 Å². The molecule has 0 radical (unpaired) electrons. The van der Waals surface area contributed by atoms with Crippen molar-refractivity contribution in [3.05, 3.63) is 72.3 Å². The number of aliphatic imine (C=N–C) groups is 1. The number of carbonyl (C=O) groups excluding carboxylic acids is 2. The number of carbonyl (C=O) groups is 2. The average Bonchev–Trinajstić information content (AvgIpc) is 3.53. The van der Waals surface area contributed by atoms with Gasteiger partial charge in [-0.2, -0.15) is 0 Å². The van der Waals surface area contributed by atoms with E-state index in [9.17, 15) is 9.59 Å². The summed E-state index contributed by atoms with van der Waals surface area (Å²) in [6.07, 6.45) is 2.12. The molecule has 3 aromatic rings. The summed E-state index contributed by atoms with van der Waals surface area (Å²) in [5, 5.41) is 5.41. The van der Waals surface area contributed by atoms with E-state index in [1.165, 1.54) is 11.8 Å². The smallest absolute Gasteiger partial charge is 0.242 e. The monoisotopic (exact) mass is 429 g/mol. The van der Waals surface area contributed by atoms with Crippen LogP contribution in [0.1, 0.15) is 24.8 Å². The molecule has 2 amide bonds. The highest BCUT2D eigenvalue weighted by Crippen LogP contribution is 2.39. The molecule has 0 bridgehead atoms. The summed E-state index contributed by atoms with van der Waals surface area (Å²) in [4.78, 5) is 32.3. The fourth-order valence-electron chi connectivity index (χ4n) is 3.82. The number of anilines is 1. The first-order valence-corrected chi connectivity index (χ1v) is 11.4.